The molecular formula is C25H20Cl3NO3. The molecule has 1 aliphatic heterocycles. The fourth-order valence-corrected chi connectivity index (χ4v) is 6.28. The molecule has 0 radical (unpaired) electrons. The minimum absolute atomic E-state index is 0.181. The zero-order valence-electron chi connectivity index (χ0n) is 17.4. The van der Waals surface area contributed by atoms with Gasteiger partial charge >= 0.3 is 0 Å². The first kappa shape index (κ1) is 21.6. The van der Waals surface area contributed by atoms with Crippen molar-refractivity contribution in [1.29, 1.82) is 0 Å². The molecule has 1 amide bonds. The Morgan fingerprint density at radius 3 is 1.88 bits per heavy atom. The lowest BCUT2D eigenvalue weighted by molar-refractivity contribution is -0.123. The first-order valence-electron chi connectivity index (χ1n) is 10.1. The summed E-state index contributed by atoms with van der Waals surface area (Å²) in [6.07, 6.45) is -1.06. The van der Waals surface area contributed by atoms with Crippen molar-refractivity contribution >= 4 is 46.4 Å². The smallest absolute Gasteiger partial charge is 0.236 e. The van der Waals surface area contributed by atoms with E-state index in [1.54, 1.807) is 25.3 Å². The highest BCUT2D eigenvalue weighted by Crippen LogP contribution is 2.78. The second kappa shape index (κ2) is 7.39. The van der Waals surface area contributed by atoms with Gasteiger partial charge in [-0.25, -0.2) is 0 Å². The number of aliphatic hydroxyl groups is 1. The molecule has 3 aromatic carbocycles. The van der Waals surface area contributed by atoms with E-state index in [2.05, 4.69) is 0 Å². The first-order valence-corrected chi connectivity index (χ1v) is 11.3. The van der Waals surface area contributed by atoms with Gasteiger partial charge in [-0.1, -0.05) is 59.1 Å². The van der Waals surface area contributed by atoms with Crippen molar-refractivity contribution in [1.82, 2.24) is 0 Å². The maximum Gasteiger partial charge on any atom is 0.236 e. The molecule has 2 aliphatic rings. The lowest BCUT2D eigenvalue weighted by Crippen LogP contribution is -2.44. The number of amides is 1. The second-order valence-electron chi connectivity index (χ2n) is 8.44. The number of piperidine rings is 1. The summed E-state index contributed by atoms with van der Waals surface area (Å²) in [4.78, 5) is 15.3. The molecule has 5 rings (SSSR count). The Labute approximate surface area is 201 Å². The SMILES string of the molecule is COc1ccc([C@@]2(c3ccc(Cl)cc3)[C@@H]3C(O)N(c4cc(Cl)cc(Cl)c4)C(=O)[C@@]32C)cc1. The zero-order chi connectivity index (χ0) is 22.8. The molecule has 7 heteroatoms. The van der Waals surface area contributed by atoms with E-state index in [-0.39, 0.29) is 11.8 Å². The number of fused-ring (bicyclic) bond motifs is 1. The van der Waals surface area contributed by atoms with Crippen molar-refractivity contribution in [2.45, 2.75) is 18.6 Å². The van der Waals surface area contributed by atoms with Gasteiger partial charge in [0, 0.05) is 32.1 Å². The van der Waals surface area contributed by atoms with Crippen molar-refractivity contribution in [2.24, 2.45) is 11.3 Å². The van der Waals surface area contributed by atoms with E-state index < -0.39 is 17.1 Å². The number of aliphatic hydroxyl groups excluding tert-OH is 1. The van der Waals surface area contributed by atoms with E-state index >= 15 is 0 Å². The standard InChI is InChI=1S/C25H20Cl3NO3/c1-24-21(22(30)29(23(24)31)19-12-17(27)11-18(28)13-19)25(24,14-3-7-16(26)8-4-14)15-5-9-20(32-2)10-6-15/h3-13,21-22,30H,1-2H3/t21-,22?,24-,25+/m1/s1. The normalized spacial score (nSPS) is 28.6. The maximum atomic E-state index is 13.9. The number of hydrogen-bond donors (Lipinski definition) is 1. The van der Waals surface area contributed by atoms with Crippen LogP contribution in [-0.2, 0) is 10.2 Å². The third-order valence-electron chi connectivity index (χ3n) is 7.02. The van der Waals surface area contributed by atoms with Crippen molar-refractivity contribution in [3.63, 3.8) is 0 Å². The van der Waals surface area contributed by atoms with Crippen LogP contribution in [0.5, 0.6) is 5.75 Å². The molecule has 0 bridgehead atoms. The summed E-state index contributed by atoms with van der Waals surface area (Å²) in [5.74, 6) is 0.159. The molecule has 32 heavy (non-hydrogen) atoms. The van der Waals surface area contributed by atoms with E-state index in [1.807, 2.05) is 55.5 Å². The highest BCUT2D eigenvalue weighted by atomic mass is 35.5. The number of carbonyl (C=O) groups is 1. The molecule has 2 fully saturated rings. The quantitative estimate of drug-likeness (QED) is 0.494. The van der Waals surface area contributed by atoms with E-state index in [4.69, 9.17) is 39.5 Å². The lowest BCUT2D eigenvalue weighted by Gasteiger charge is -2.33. The number of anilines is 1. The first-order chi connectivity index (χ1) is 15.2. The van der Waals surface area contributed by atoms with Crippen LogP contribution in [0.15, 0.2) is 66.7 Å². The van der Waals surface area contributed by atoms with Crippen LogP contribution in [0, 0.1) is 11.3 Å². The molecule has 4 atom stereocenters. The largest absolute Gasteiger partial charge is 0.497 e. The number of carbonyl (C=O) groups excluding carboxylic acids is 1. The number of halogens is 3. The topological polar surface area (TPSA) is 49.8 Å². The molecule has 1 aliphatic carbocycles. The lowest BCUT2D eigenvalue weighted by atomic mass is 9.79. The highest BCUT2D eigenvalue weighted by molar-refractivity contribution is 6.35. The van der Waals surface area contributed by atoms with Crippen LogP contribution in [-0.4, -0.2) is 24.4 Å². The van der Waals surface area contributed by atoms with Crippen LogP contribution >= 0.6 is 34.8 Å². The minimum atomic E-state index is -1.06. The Balaban J connectivity index is 1.66. The Hall–Kier alpha value is -2.24. The molecule has 164 valence electrons. The number of hydrogen-bond acceptors (Lipinski definition) is 3. The number of nitrogens with zero attached hydrogens (tertiary/aromatic N) is 1. The predicted molar refractivity (Wildman–Crippen MR) is 127 cm³/mol. The van der Waals surface area contributed by atoms with Gasteiger partial charge in [0.25, 0.3) is 0 Å². The minimum Gasteiger partial charge on any atom is -0.497 e. The van der Waals surface area contributed by atoms with Gasteiger partial charge in [0.2, 0.25) is 5.91 Å². The van der Waals surface area contributed by atoms with Crippen LogP contribution in [0.25, 0.3) is 0 Å². The molecule has 3 aromatic rings. The summed E-state index contributed by atoms with van der Waals surface area (Å²) in [5.41, 5.74) is 0.760. The summed E-state index contributed by atoms with van der Waals surface area (Å²) < 4.78 is 5.32. The third kappa shape index (κ3) is 2.77. The van der Waals surface area contributed by atoms with Crippen molar-refractivity contribution in [2.75, 3.05) is 12.0 Å². The van der Waals surface area contributed by atoms with Crippen molar-refractivity contribution < 1.29 is 14.6 Å². The van der Waals surface area contributed by atoms with Gasteiger partial charge in [-0.3, -0.25) is 9.69 Å². The molecule has 1 N–H and O–H groups in total. The summed E-state index contributed by atoms with van der Waals surface area (Å²) in [7, 11) is 1.61. The Morgan fingerprint density at radius 1 is 0.875 bits per heavy atom. The van der Waals surface area contributed by atoms with E-state index in [0.29, 0.717) is 20.8 Å². The molecule has 1 saturated heterocycles. The van der Waals surface area contributed by atoms with Gasteiger partial charge in [-0.15, -0.1) is 0 Å². The van der Waals surface area contributed by atoms with E-state index in [0.717, 1.165) is 16.9 Å². The summed E-state index contributed by atoms with van der Waals surface area (Å²) in [6.45, 7) is 1.91. The van der Waals surface area contributed by atoms with Gasteiger partial charge in [0.05, 0.1) is 12.5 Å². The van der Waals surface area contributed by atoms with Gasteiger partial charge in [0.15, 0.2) is 0 Å². The van der Waals surface area contributed by atoms with Crippen LogP contribution in [0.3, 0.4) is 0 Å². The number of benzene rings is 3. The Kier molecular flexibility index (Phi) is 4.99. The number of methoxy groups -OCH3 is 1. The summed E-state index contributed by atoms with van der Waals surface area (Å²) in [6, 6.07) is 20.0. The molecule has 1 saturated carbocycles. The van der Waals surface area contributed by atoms with Gasteiger partial charge in [0.1, 0.15) is 12.0 Å². The molecule has 1 unspecified atom stereocenters. The fourth-order valence-electron chi connectivity index (χ4n) is 5.64. The number of ether oxygens (including phenoxy) is 1. The maximum absolute atomic E-state index is 13.9. The highest BCUT2D eigenvalue weighted by Gasteiger charge is 2.86. The third-order valence-corrected chi connectivity index (χ3v) is 7.71. The molecule has 0 spiro atoms. The van der Waals surface area contributed by atoms with Gasteiger partial charge in [-0.05, 0) is 60.5 Å². The summed E-state index contributed by atoms with van der Waals surface area (Å²) in [5, 5.41) is 12.9. The fraction of sp³-hybridized carbons (Fsp3) is 0.240. The summed E-state index contributed by atoms with van der Waals surface area (Å²) >= 11 is 18.5. The van der Waals surface area contributed by atoms with Crippen LogP contribution in [0.4, 0.5) is 5.69 Å². The van der Waals surface area contributed by atoms with Gasteiger partial charge < -0.3 is 9.84 Å². The van der Waals surface area contributed by atoms with Crippen LogP contribution < -0.4 is 9.64 Å². The van der Waals surface area contributed by atoms with E-state index in [1.165, 1.54) is 4.90 Å². The van der Waals surface area contributed by atoms with Crippen LogP contribution in [0.2, 0.25) is 15.1 Å². The van der Waals surface area contributed by atoms with E-state index in [9.17, 15) is 9.90 Å². The van der Waals surface area contributed by atoms with Crippen molar-refractivity contribution in [3.8, 4) is 5.75 Å². The monoisotopic (exact) mass is 487 g/mol. The molecule has 1 heterocycles. The Bertz CT molecular complexity index is 1190. The van der Waals surface area contributed by atoms with Crippen LogP contribution in [0.1, 0.15) is 18.1 Å². The predicted octanol–water partition coefficient (Wildman–Crippen LogP) is 5.94. The number of rotatable bonds is 4. The van der Waals surface area contributed by atoms with Crippen molar-refractivity contribution in [3.05, 3.63) is 92.9 Å². The zero-order valence-corrected chi connectivity index (χ0v) is 19.6. The average Bonchev–Trinajstić information content (AvgIpc) is 3.28. The molecule has 4 nitrogen and oxygen atoms in total. The Morgan fingerprint density at radius 2 is 1.41 bits per heavy atom. The average molecular weight is 489 g/mol. The van der Waals surface area contributed by atoms with Gasteiger partial charge in [-0.2, -0.15) is 0 Å². The molecule has 0 aromatic heterocycles. The second-order valence-corrected chi connectivity index (χ2v) is 9.75. The molecular weight excluding hydrogens is 469 g/mol.